The summed E-state index contributed by atoms with van der Waals surface area (Å²) in [5.41, 5.74) is 0.109. The molecule has 50 heavy (non-hydrogen) atoms. The van der Waals surface area contributed by atoms with Gasteiger partial charge >= 0.3 is 18.0 Å². The number of aromatic nitrogens is 2. The molecule has 1 fully saturated rings. The zero-order valence-corrected chi connectivity index (χ0v) is 27.0. The highest BCUT2D eigenvalue weighted by atomic mass is 19.4. The minimum atomic E-state index is -5.00. The van der Waals surface area contributed by atoms with E-state index < -0.39 is 77.1 Å². The van der Waals surface area contributed by atoms with Gasteiger partial charge in [-0.1, -0.05) is 48.5 Å². The van der Waals surface area contributed by atoms with Crippen LogP contribution in [0.4, 0.5) is 26.7 Å². The van der Waals surface area contributed by atoms with Crippen LogP contribution < -0.4 is 21.7 Å². The Morgan fingerprint density at radius 3 is 2.22 bits per heavy atom. The molecule has 1 unspecified atom stereocenters. The number of halogens is 5. The fourth-order valence-electron chi connectivity index (χ4n) is 6.05. The number of primary amides is 1. The Morgan fingerprint density at radius 1 is 0.940 bits per heavy atom. The molecule has 2 heterocycles. The number of nitrogens with two attached hydrogens (primary N) is 1. The normalized spacial score (nSPS) is 14.3. The predicted molar refractivity (Wildman–Crippen MR) is 171 cm³/mol. The van der Waals surface area contributed by atoms with E-state index in [4.69, 9.17) is 15.2 Å². The Balaban J connectivity index is 1.68. The summed E-state index contributed by atoms with van der Waals surface area (Å²) in [7, 11) is 0. The Bertz CT molecular complexity index is 2020. The smallest absolute Gasteiger partial charge is 0.416 e. The van der Waals surface area contributed by atoms with Crippen LogP contribution in [0.3, 0.4) is 0 Å². The standard InChI is InChI=1S/C35H33F5N4O6/c1-20-30(24-10-6-13-28(31(24)37)49-23-14-16-42(17-15-23)21(2)45)32(46)44(19-29(50-33(41)47)22-8-4-3-5-9-22)34(48)43(20)18-25-26(35(38,39)40)11-7-12-27(25)36/h3-13,23,29H,14-19H2,1-2H3,(H2,41,47). The van der Waals surface area contributed by atoms with Crippen LogP contribution >= 0.6 is 0 Å². The SMILES string of the molecule is CC(=O)N1CCC(Oc2cccc(-c3c(C)n(Cc4c(F)cccc4C(F)(F)F)c(=O)n(CC(OC(N)=O)c4ccccc4)c3=O)c2F)CC1. The van der Waals surface area contributed by atoms with Crippen LogP contribution in [0.25, 0.3) is 11.1 Å². The second-order valence-corrected chi connectivity index (χ2v) is 11.8. The molecule has 2 amide bonds. The summed E-state index contributed by atoms with van der Waals surface area (Å²) in [5.74, 6) is -2.60. The van der Waals surface area contributed by atoms with E-state index in [1.807, 2.05) is 0 Å². The summed E-state index contributed by atoms with van der Waals surface area (Å²) in [6, 6.07) is 14.2. The maximum Gasteiger partial charge on any atom is 0.416 e. The van der Waals surface area contributed by atoms with E-state index in [0.29, 0.717) is 42.1 Å². The molecule has 4 aromatic rings. The molecule has 5 rings (SSSR count). The van der Waals surface area contributed by atoms with Gasteiger partial charge in [0.15, 0.2) is 11.6 Å². The van der Waals surface area contributed by atoms with Crippen molar-refractivity contribution in [2.45, 2.75) is 58.2 Å². The van der Waals surface area contributed by atoms with E-state index in [9.17, 15) is 32.3 Å². The second-order valence-electron chi connectivity index (χ2n) is 11.8. The number of carbonyl (C=O) groups is 2. The molecule has 1 aromatic heterocycles. The van der Waals surface area contributed by atoms with Crippen LogP contribution in [0, 0.1) is 18.6 Å². The average Bonchev–Trinajstić information content (AvgIpc) is 3.06. The molecule has 1 aliphatic rings. The summed E-state index contributed by atoms with van der Waals surface area (Å²) in [4.78, 5) is 53.4. The van der Waals surface area contributed by atoms with E-state index >= 15 is 8.78 Å². The van der Waals surface area contributed by atoms with Crippen molar-refractivity contribution in [3.63, 3.8) is 0 Å². The van der Waals surface area contributed by atoms with Gasteiger partial charge < -0.3 is 20.1 Å². The zero-order chi connectivity index (χ0) is 36.3. The minimum Gasteiger partial charge on any atom is -0.487 e. The number of rotatable bonds is 9. The maximum atomic E-state index is 16.3. The third-order valence-electron chi connectivity index (χ3n) is 8.62. The first-order valence-electron chi connectivity index (χ1n) is 15.6. The summed E-state index contributed by atoms with van der Waals surface area (Å²) in [5, 5.41) is 0. The van der Waals surface area contributed by atoms with Crippen molar-refractivity contribution in [2.75, 3.05) is 13.1 Å². The molecule has 10 nitrogen and oxygen atoms in total. The quantitative estimate of drug-likeness (QED) is 0.228. The Hall–Kier alpha value is -5.47. The van der Waals surface area contributed by atoms with Crippen LogP contribution in [0.5, 0.6) is 5.75 Å². The summed E-state index contributed by atoms with van der Waals surface area (Å²) in [6.07, 6.45) is -7.23. The molecule has 1 saturated heterocycles. The Kier molecular flexibility index (Phi) is 10.4. The maximum absolute atomic E-state index is 16.3. The first kappa shape index (κ1) is 35.8. The molecule has 0 radical (unpaired) electrons. The van der Waals surface area contributed by atoms with E-state index in [-0.39, 0.29) is 22.9 Å². The lowest BCUT2D eigenvalue weighted by molar-refractivity contribution is -0.138. The second kappa shape index (κ2) is 14.6. The van der Waals surface area contributed by atoms with E-state index in [0.717, 1.165) is 16.7 Å². The number of nitrogens with zero attached hydrogens (tertiary/aromatic N) is 3. The van der Waals surface area contributed by atoms with Gasteiger partial charge in [-0.25, -0.2) is 18.4 Å². The molecule has 1 atom stereocenters. The van der Waals surface area contributed by atoms with Gasteiger partial charge in [-0.05, 0) is 30.7 Å². The van der Waals surface area contributed by atoms with Crippen molar-refractivity contribution >= 4 is 12.0 Å². The van der Waals surface area contributed by atoms with Gasteiger partial charge in [0.25, 0.3) is 5.56 Å². The van der Waals surface area contributed by atoms with Crippen molar-refractivity contribution in [3.05, 3.63) is 122 Å². The molecule has 1 aliphatic heterocycles. The zero-order valence-electron chi connectivity index (χ0n) is 27.0. The van der Waals surface area contributed by atoms with Gasteiger partial charge in [0, 0.05) is 49.7 Å². The third kappa shape index (κ3) is 7.56. The van der Waals surface area contributed by atoms with Crippen molar-refractivity contribution in [3.8, 4) is 16.9 Å². The Labute approximate surface area is 282 Å². The molecular weight excluding hydrogens is 667 g/mol. The number of hydrogen-bond acceptors (Lipinski definition) is 6. The lowest BCUT2D eigenvalue weighted by Gasteiger charge is -2.31. The molecular formula is C35H33F5N4O6. The van der Waals surface area contributed by atoms with Crippen LogP contribution in [0.2, 0.25) is 0 Å². The number of hydrogen-bond donors (Lipinski definition) is 1. The van der Waals surface area contributed by atoms with Gasteiger partial charge in [-0.3, -0.25) is 18.7 Å². The fraction of sp³-hybridized carbons (Fsp3) is 0.314. The molecule has 0 bridgehead atoms. The largest absolute Gasteiger partial charge is 0.487 e. The van der Waals surface area contributed by atoms with Crippen molar-refractivity contribution in [1.82, 2.24) is 14.0 Å². The van der Waals surface area contributed by atoms with Crippen molar-refractivity contribution < 1.29 is 41.0 Å². The highest BCUT2D eigenvalue weighted by Crippen LogP contribution is 2.35. The molecule has 15 heteroatoms. The molecule has 0 aliphatic carbocycles. The Morgan fingerprint density at radius 2 is 1.60 bits per heavy atom. The third-order valence-corrected chi connectivity index (χ3v) is 8.62. The predicted octanol–water partition coefficient (Wildman–Crippen LogP) is 5.56. The minimum absolute atomic E-state index is 0.105. The van der Waals surface area contributed by atoms with Crippen LogP contribution in [-0.4, -0.2) is 45.2 Å². The van der Waals surface area contributed by atoms with E-state index in [2.05, 4.69) is 0 Å². The summed E-state index contributed by atoms with van der Waals surface area (Å²) < 4.78 is 85.9. The summed E-state index contributed by atoms with van der Waals surface area (Å²) in [6.45, 7) is 1.79. The molecule has 0 saturated carbocycles. The average molecular weight is 701 g/mol. The van der Waals surface area contributed by atoms with Gasteiger partial charge in [-0.15, -0.1) is 0 Å². The highest BCUT2D eigenvalue weighted by molar-refractivity contribution is 5.73. The van der Waals surface area contributed by atoms with Crippen molar-refractivity contribution in [1.29, 1.82) is 0 Å². The van der Waals surface area contributed by atoms with E-state index in [1.165, 1.54) is 44.2 Å². The van der Waals surface area contributed by atoms with Crippen molar-refractivity contribution in [2.24, 2.45) is 5.73 Å². The first-order chi connectivity index (χ1) is 23.7. The number of benzene rings is 3. The monoisotopic (exact) mass is 700 g/mol. The van der Waals surface area contributed by atoms with Crippen LogP contribution in [-0.2, 0) is 28.8 Å². The van der Waals surface area contributed by atoms with Gasteiger partial charge in [0.05, 0.1) is 24.2 Å². The summed E-state index contributed by atoms with van der Waals surface area (Å²) >= 11 is 0. The number of amides is 2. The number of likely N-dealkylation sites (tertiary alicyclic amines) is 1. The van der Waals surface area contributed by atoms with Gasteiger partial charge in [-0.2, -0.15) is 13.2 Å². The molecule has 0 spiro atoms. The van der Waals surface area contributed by atoms with Gasteiger partial charge in [0.1, 0.15) is 18.0 Å². The number of carbonyl (C=O) groups excluding carboxylic acids is 2. The number of alkyl halides is 3. The molecule has 2 N–H and O–H groups in total. The lowest BCUT2D eigenvalue weighted by atomic mass is 10.0. The van der Waals surface area contributed by atoms with Gasteiger partial charge in [0.2, 0.25) is 5.91 Å². The number of ether oxygens (including phenoxy) is 2. The molecule has 264 valence electrons. The topological polar surface area (TPSA) is 126 Å². The fourth-order valence-corrected chi connectivity index (χ4v) is 6.05. The van der Waals surface area contributed by atoms with Crippen LogP contribution in [0.1, 0.15) is 48.3 Å². The van der Waals surface area contributed by atoms with E-state index in [1.54, 1.807) is 23.1 Å². The first-order valence-corrected chi connectivity index (χ1v) is 15.6. The van der Waals surface area contributed by atoms with Crippen LogP contribution in [0.15, 0.2) is 76.3 Å². The lowest BCUT2D eigenvalue weighted by Crippen LogP contribution is -2.44. The number of piperidine rings is 1. The highest BCUT2D eigenvalue weighted by Gasteiger charge is 2.35. The molecule has 3 aromatic carbocycles.